The summed E-state index contributed by atoms with van der Waals surface area (Å²) in [5.41, 5.74) is 0.647. The number of rotatable bonds is 4. The third kappa shape index (κ3) is 2.19. The van der Waals surface area contributed by atoms with E-state index in [1.165, 1.54) is 12.0 Å². The SMILES string of the molecule is COc1ccc(N2CC(CO)OC2=O)cc1OC. The van der Waals surface area contributed by atoms with E-state index in [0.717, 1.165) is 0 Å². The Kier molecular flexibility index (Phi) is 3.57. The van der Waals surface area contributed by atoms with Crippen LogP contribution < -0.4 is 14.4 Å². The molecule has 6 nitrogen and oxygen atoms in total. The van der Waals surface area contributed by atoms with E-state index in [4.69, 9.17) is 19.3 Å². The smallest absolute Gasteiger partial charge is 0.414 e. The molecule has 0 spiro atoms. The van der Waals surface area contributed by atoms with Crippen molar-refractivity contribution in [2.45, 2.75) is 6.10 Å². The molecule has 0 aromatic heterocycles. The summed E-state index contributed by atoms with van der Waals surface area (Å²) in [6.45, 7) is 0.139. The molecule has 1 aliphatic rings. The van der Waals surface area contributed by atoms with Gasteiger partial charge in [-0.3, -0.25) is 4.90 Å². The van der Waals surface area contributed by atoms with Gasteiger partial charge in [-0.05, 0) is 12.1 Å². The second kappa shape index (κ2) is 5.14. The van der Waals surface area contributed by atoms with Crippen LogP contribution in [-0.4, -0.2) is 44.7 Å². The second-order valence-corrected chi connectivity index (χ2v) is 3.84. The highest BCUT2D eigenvalue weighted by Gasteiger charge is 2.32. The number of ether oxygens (including phenoxy) is 3. The normalized spacial score (nSPS) is 18.7. The van der Waals surface area contributed by atoms with E-state index in [1.807, 2.05) is 0 Å². The molecule has 18 heavy (non-hydrogen) atoms. The van der Waals surface area contributed by atoms with Gasteiger partial charge in [0.25, 0.3) is 0 Å². The van der Waals surface area contributed by atoms with Crippen molar-refractivity contribution in [1.82, 2.24) is 0 Å². The van der Waals surface area contributed by atoms with Crippen LogP contribution in [0.1, 0.15) is 0 Å². The summed E-state index contributed by atoms with van der Waals surface area (Å²) in [6.07, 6.45) is -0.952. The van der Waals surface area contributed by atoms with Gasteiger partial charge in [0.15, 0.2) is 11.5 Å². The van der Waals surface area contributed by atoms with Crippen LogP contribution in [0.3, 0.4) is 0 Å². The lowest BCUT2D eigenvalue weighted by atomic mass is 10.2. The van der Waals surface area contributed by atoms with Crippen LogP contribution in [0, 0.1) is 0 Å². The van der Waals surface area contributed by atoms with Crippen molar-refractivity contribution in [2.75, 3.05) is 32.3 Å². The number of benzene rings is 1. The highest BCUT2D eigenvalue weighted by molar-refractivity contribution is 5.90. The third-order valence-electron chi connectivity index (χ3n) is 2.76. The number of methoxy groups -OCH3 is 2. The minimum Gasteiger partial charge on any atom is -0.493 e. The first-order valence-electron chi connectivity index (χ1n) is 5.50. The van der Waals surface area contributed by atoms with Crippen molar-refractivity contribution in [1.29, 1.82) is 0 Å². The minimum atomic E-state index is -0.481. The Bertz CT molecular complexity index is 448. The van der Waals surface area contributed by atoms with Crippen LogP contribution in [0.4, 0.5) is 10.5 Å². The van der Waals surface area contributed by atoms with Gasteiger partial charge in [-0.15, -0.1) is 0 Å². The lowest BCUT2D eigenvalue weighted by Crippen LogP contribution is -2.25. The Morgan fingerprint density at radius 1 is 1.39 bits per heavy atom. The predicted molar refractivity (Wildman–Crippen MR) is 64.2 cm³/mol. The summed E-state index contributed by atoms with van der Waals surface area (Å²) in [5, 5.41) is 8.98. The maximum Gasteiger partial charge on any atom is 0.414 e. The highest BCUT2D eigenvalue weighted by atomic mass is 16.6. The Balaban J connectivity index is 2.26. The number of carbonyl (C=O) groups is 1. The van der Waals surface area contributed by atoms with Crippen LogP contribution in [0.5, 0.6) is 11.5 Å². The topological polar surface area (TPSA) is 68.2 Å². The second-order valence-electron chi connectivity index (χ2n) is 3.84. The van der Waals surface area contributed by atoms with E-state index in [1.54, 1.807) is 25.3 Å². The van der Waals surface area contributed by atoms with Crippen LogP contribution >= 0.6 is 0 Å². The Morgan fingerprint density at radius 3 is 2.67 bits per heavy atom. The average molecular weight is 253 g/mol. The largest absolute Gasteiger partial charge is 0.493 e. The van der Waals surface area contributed by atoms with Gasteiger partial charge in [0.1, 0.15) is 6.10 Å². The zero-order chi connectivity index (χ0) is 13.1. The molecule has 1 fully saturated rings. The van der Waals surface area contributed by atoms with E-state index < -0.39 is 12.2 Å². The van der Waals surface area contributed by atoms with Gasteiger partial charge in [0.05, 0.1) is 33.1 Å². The molecular weight excluding hydrogens is 238 g/mol. The van der Waals surface area contributed by atoms with Crippen LogP contribution in [0.25, 0.3) is 0 Å². The number of hydrogen-bond acceptors (Lipinski definition) is 5. The number of nitrogens with zero attached hydrogens (tertiary/aromatic N) is 1. The summed E-state index contributed by atoms with van der Waals surface area (Å²) < 4.78 is 15.3. The van der Waals surface area contributed by atoms with Crippen molar-refractivity contribution >= 4 is 11.8 Å². The van der Waals surface area contributed by atoms with E-state index in [-0.39, 0.29) is 6.61 Å². The van der Waals surface area contributed by atoms with E-state index >= 15 is 0 Å². The maximum absolute atomic E-state index is 11.6. The quantitative estimate of drug-likeness (QED) is 0.867. The first-order valence-corrected chi connectivity index (χ1v) is 5.50. The fraction of sp³-hybridized carbons (Fsp3) is 0.417. The van der Waals surface area contributed by atoms with Crippen molar-refractivity contribution in [3.05, 3.63) is 18.2 Å². The number of hydrogen-bond donors (Lipinski definition) is 1. The number of carbonyl (C=O) groups excluding carboxylic acids is 1. The summed E-state index contributed by atoms with van der Waals surface area (Å²) in [5.74, 6) is 1.13. The lowest BCUT2D eigenvalue weighted by Gasteiger charge is -2.15. The average Bonchev–Trinajstić information content (AvgIpc) is 2.79. The van der Waals surface area contributed by atoms with Gasteiger partial charge in [0.2, 0.25) is 0 Å². The molecule has 0 aliphatic carbocycles. The maximum atomic E-state index is 11.6. The Labute approximate surface area is 105 Å². The molecule has 1 aromatic carbocycles. The van der Waals surface area contributed by atoms with E-state index in [0.29, 0.717) is 23.7 Å². The number of aliphatic hydroxyl groups is 1. The highest BCUT2D eigenvalue weighted by Crippen LogP contribution is 2.33. The standard InChI is InChI=1S/C12H15NO5/c1-16-10-4-3-8(5-11(10)17-2)13-6-9(7-14)18-12(13)15/h3-5,9,14H,6-7H2,1-2H3. The number of anilines is 1. The van der Waals surface area contributed by atoms with Crippen LogP contribution in [0.15, 0.2) is 18.2 Å². The first-order chi connectivity index (χ1) is 8.69. The summed E-state index contributed by atoms with van der Waals surface area (Å²) >= 11 is 0. The van der Waals surface area contributed by atoms with Crippen molar-refractivity contribution < 1.29 is 24.1 Å². The fourth-order valence-corrected chi connectivity index (χ4v) is 1.82. The molecule has 1 heterocycles. The molecule has 0 radical (unpaired) electrons. The van der Waals surface area contributed by atoms with E-state index in [2.05, 4.69) is 0 Å². The molecule has 2 rings (SSSR count). The van der Waals surface area contributed by atoms with Gasteiger partial charge in [-0.25, -0.2) is 4.79 Å². The van der Waals surface area contributed by atoms with Crippen molar-refractivity contribution in [3.63, 3.8) is 0 Å². The summed E-state index contributed by atoms with van der Waals surface area (Å²) in [4.78, 5) is 13.1. The van der Waals surface area contributed by atoms with Crippen LogP contribution in [0.2, 0.25) is 0 Å². The minimum absolute atomic E-state index is 0.185. The third-order valence-corrected chi connectivity index (χ3v) is 2.76. The molecule has 1 unspecified atom stereocenters. The monoisotopic (exact) mass is 253 g/mol. The van der Waals surface area contributed by atoms with Crippen LogP contribution in [-0.2, 0) is 4.74 Å². The molecule has 0 saturated carbocycles. The van der Waals surface area contributed by atoms with Gasteiger partial charge < -0.3 is 19.3 Å². The van der Waals surface area contributed by atoms with Gasteiger partial charge in [-0.1, -0.05) is 0 Å². The van der Waals surface area contributed by atoms with Crippen molar-refractivity contribution in [2.24, 2.45) is 0 Å². The van der Waals surface area contributed by atoms with Crippen molar-refractivity contribution in [3.8, 4) is 11.5 Å². The summed E-state index contributed by atoms with van der Waals surface area (Å²) in [6, 6.07) is 5.15. The Hall–Kier alpha value is -1.95. The molecule has 0 bridgehead atoms. The van der Waals surface area contributed by atoms with E-state index in [9.17, 15) is 4.79 Å². The predicted octanol–water partition coefficient (Wildman–Crippen LogP) is 1.02. The van der Waals surface area contributed by atoms with Gasteiger partial charge >= 0.3 is 6.09 Å². The molecule has 1 atom stereocenters. The summed E-state index contributed by atoms with van der Waals surface area (Å²) in [7, 11) is 3.07. The Morgan fingerprint density at radius 2 is 2.11 bits per heavy atom. The molecule has 1 aliphatic heterocycles. The molecule has 1 amide bonds. The number of aliphatic hydroxyl groups excluding tert-OH is 1. The molecule has 98 valence electrons. The zero-order valence-electron chi connectivity index (χ0n) is 10.3. The molecule has 1 aromatic rings. The molecule has 1 N–H and O–H groups in total. The fourth-order valence-electron chi connectivity index (χ4n) is 1.82. The first kappa shape index (κ1) is 12.5. The van der Waals surface area contributed by atoms with Gasteiger partial charge in [0, 0.05) is 6.07 Å². The molecule has 6 heteroatoms. The molecule has 1 saturated heterocycles. The number of amides is 1. The lowest BCUT2D eigenvalue weighted by molar-refractivity contribution is 0.0963. The molecular formula is C12H15NO5. The number of cyclic esters (lactones) is 1. The van der Waals surface area contributed by atoms with Gasteiger partial charge in [-0.2, -0.15) is 0 Å². The zero-order valence-corrected chi connectivity index (χ0v) is 10.3.